The van der Waals surface area contributed by atoms with E-state index in [1.165, 1.54) is 11.3 Å². The normalized spacial score (nSPS) is 10.2. The van der Waals surface area contributed by atoms with E-state index in [0.717, 1.165) is 16.2 Å². The third-order valence-electron chi connectivity index (χ3n) is 2.94. The van der Waals surface area contributed by atoms with Gasteiger partial charge in [-0.1, -0.05) is 11.6 Å². The predicted molar refractivity (Wildman–Crippen MR) is 91.4 cm³/mol. The van der Waals surface area contributed by atoms with E-state index >= 15 is 0 Å². The maximum atomic E-state index is 12.1. The molecule has 1 amide bonds. The molecule has 0 aliphatic rings. The number of nitrogens with zero attached hydrogens (tertiary/aromatic N) is 1. The Balaban J connectivity index is 2.19. The quantitative estimate of drug-likeness (QED) is 0.809. The summed E-state index contributed by atoms with van der Waals surface area (Å²) in [6.45, 7) is 3.62. The number of nitrogens with one attached hydrogen (secondary N) is 1. The van der Waals surface area contributed by atoms with E-state index in [-0.39, 0.29) is 24.5 Å². The van der Waals surface area contributed by atoms with Crippen LogP contribution in [0.25, 0.3) is 0 Å². The van der Waals surface area contributed by atoms with E-state index in [4.69, 9.17) is 16.3 Å². The zero-order chi connectivity index (χ0) is 17.0. The average Bonchev–Trinajstić information content (AvgIpc) is 3.02. The maximum absolute atomic E-state index is 12.1. The molecule has 2 heterocycles. The molecule has 0 radical (unpaired) electrons. The second kappa shape index (κ2) is 7.59. The summed E-state index contributed by atoms with van der Waals surface area (Å²) >= 11 is 8.21. The molecular formula is C15H13ClN2O3S2. The highest BCUT2D eigenvalue weighted by molar-refractivity contribution is 7.18. The van der Waals surface area contributed by atoms with Crippen molar-refractivity contribution in [3.8, 4) is 6.07 Å². The molecule has 8 heteroatoms. The standard InChI is InChI=1S/C15H13ClN2O3S2/c1-3-21-15(20)13-8(2)10(7-17)14(23-13)18-12(19)6-9-4-5-11(16)22-9/h4-5H,3,6H2,1-2H3,(H,18,19). The van der Waals surface area contributed by atoms with Crippen molar-refractivity contribution < 1.29 is 14.3 Å². The summed E-state index contributed by atoms with van der Waals surface area (Å²) < 4.78 is 5.57. The molecule has 0 fully saturated rings. The van der Waals surface area contributed by atoms with Gasteiger partial charge in [-0.3, -0.25) is 4.79 Å². The number of nitriles is 1. The van der Waals surface area contributed by atoms with Crippen LogP contribution in [-0.4, -0.2) is 18.5 Å². The first-order chi connectivity index (χ1) is 11.0. The minimum atomic E-state index is -0.489. The van der Waals surface area contributed by atoms with Gasteiger partial charge in [-0.2, -0.15) is 5.26 Å². The number of thiophene rings is 2. The molecule has 1 N–H and O–H groups in total. The zero-order valence-electron chi connectivity index (χ0n) is 12.4. The number of hydrogen-bond donors (Lipinski definition) is 1. The van der Waals surface area contributed by atoms with Crippen LogP contribution in [0, 0.1) is 18.3 Å². The molecule has 0 atom stereocenters. The smallest absolute Gasteiger partial charge is 0.348 e. The lowest BCUT2D eigenvalue weighted by Gasteiger charge is -2.01. The van der Waals surface area contributed by atoms with Crippen molar-refractivity contribution in [1.29, 1.82) is 5.26 Å². The molecule has 2 aromatic heterocycles. The van der Waals surface area contributed by atoms with Crippen LogP contribution < -0.4 is 5.32 Å². The Hall–Kier alpha value is -1.88. The molecule has 120 valence electrons. The summed E-state index contributed by atoms with van der Waals surface area (Å²) in [5.41, 5.74) is 0.807. The van der Waals surface area contributed by atoms with Crippen LogP contribution in [0.1, 0.15) is 32.6 Å². The number of amides is 1. The van der Waals surface area contributed by atoms with Crippen LogP contribution in [0.5, 0.6) is 0 Å². The van der Waals surface area contributed by atoms with Crippen LogP contribution in [-0.2, 0) is 16.0 Å². The minimum Gasteiger partial charge on any atom is -0.462 e. The highest BCUT2D eigenvalue weighted by Gasteiger charge is 2.22. The number of anilines is 1. The topological polar surface area (TPSA) is 79.2 Å². The number of halogens is 1. The summed E-state index contributed by atoms with van der Waals surface area (Å²) in [4.78, 5) is 25.1. The number of rotatable bonds is 5. The van der Waals surface area contributed by atoms with Gasteiger partial charge >= 0.3 is 5.97 Å². The van der Waals surface area contributed by atoms with E-state index in [0.29, 0.717) is 19.8 Å². The Kier molecular flexibility index (Phi) is 5.77. The summed E-state index contributed by atoms with van der Waals surface area (Å²) in [6, 6.07) is 5.53. The predicted octanol–water partition coefficient (Wildman–Crippen LogP) is 4.00. The van der Waals surface area contributed by atoms with Crippen molar-refractivity contribution >= 4 is 51.2 Å². The van der Waals surface area contributed by atoms with Gasteiger partial charge in [-0.05, 0) is 31.5 Å². The van der Waals surface area contributed by atoms with E-state index in [2.05, 4.69) is 5.32 Å². The molecule has 0 aromatic carbocycles. The van der Waals surface area contributed by atoms with Gasteiger partial charge < -0.3 is 10.1 Å². The SMILES string of the molecule is CCOC(=O)c1sc(NC(=O)Cc2ccc(Cl)s2)c(C#N)c1C. The summed E-state index contributed by atoms with van der Waals surface area (Å²) in [7, 11) is 0. The zero-order valence-corrected chi connectivity index (χ0v) is 14.8. The van der Waals surface area contributed by atoms with Gasteiger partial charge in [-0.25, -0.2) is 4.79 Å². The van der Waals surface area contributed by atoms with Crippen LogP contribution in [0.15, 0.2) is 12.1 Å². The molecule has 5 nitrogen and oxygen atoms in total. The van der Waals surface area contributed by atoms with Gasteiger partial charge in [0.05, 0.1) is 22.9 Å². The molecule has 0 bridgehead atoms. The molecule has 0 unspecified atom stereocenters. The van der Waals surface area contributed by atoms with E-state index in [1.807, 2.05) is 6.07 Å². The van der Waals surface area contributed by atoms with Gasteiger partial charge in [0, 0.05) is 4.88 Å². The molecule has 0 saturated heterocycles. The Morgan fingerprint density at radius 1 is 1.39 bits per heavy atom. The Labute approximate surface area is 146 Å². The lowest BCUT2D eigenvalue weighted by Crippen LogP contribution is -2.13. The van der Waals surface area contributed by atoms with E-state index in [1.54, 1.807) is 26.0 Å². The van der Waals surface area contributed by atoms with Crippen molar-refractivity contribution in [2.75, 3.05) is 11.9 Å². The molecule has 2 rings (SSSR count). The average molecular weight is 369 g/mol. The molecule has 0 aliphatic carbocycles. The number of esters is 1. The Morgan fingerprint density at radius 3 is 2.70 bits per heavy atom. The van der Waals surface area contributed by atoms with Crippen LogP contribution in [0.4, 0.5) is 5.00 Å². The first-order valence-corrected chi connectivity index (χ1v) is 8.72. The van der Waals surface area contributed by atoms with Crippen molar-refractivity contribution in [2.45, 2.75) is 20.3 Å². The first-order valence-electron chi connectivity index (χ1n) is 6.71. The number of hydrogen-bond acceptors (Lipinski definition) is 6. The third-order valence-corrected chi connectivity index (χ3v) is 5.35. The first kappa shape index (κ1) is 17.5. The van der Waals surface area contributed by atoms with Gasteiger partial charge in [0.15, 0.2) is 0 Å². The second-order valence-corrected chi connectivity index (χ2v) is 7.34. The minimum absolute atomic E-state index is 0.161. The lowest BCUT2D eigenvalue weighted by molar-refractivity contribution is -0.115. The lowest BCUT2D eigenvalue weighted by atomic mass is 10.2. The monoisotopic (exact) mass is 368 g/mol. The van der Waals surface area contributed by atoms with Gasteiger partial charge in [0.2, 0.25) is 5.91 Å². The molecule has 0 aliphatic heterocycles. The van der Waals surface area contributed by atoms with E-state index in [9.17, 15) is 14.9 Å². The molecule has 0 saturated carbocycles. The number of ether oxygens (including phenoxy) is 1. The molecule has 0 spiro atoms. The molecule has 2 aromatic rings. The summed E-state index contributed by atoms with van der Waals surface area (Å²) in [5, 5.41) is 12.3. The van der Waals surface area contributed by atoms with Crippen molar-refractivity contribution in [3.05, 3.63) is 37.4 Å². The summed E-state index contributed by atoms with van der Waals surface area (Å²) in [5.74, 6) is -0.756. The maximum Gasteiger partial charge on any atom is 0.348 e. The van der Waals surface area contributed by atoms with Gasteiger partial charge in [0.25, 0.3) is 0 Å². The Morgan fingerprint density at radius 2 is 2.13 bits per heavy atom. The summed E-state index contributed by atoms with van der Waals surface area (Å²) in [6.07, 6.45) is 0.161. The Bertz CT molecular complexity index is 789. The molecular weight excluding hydrogens is 356 g/mol. The second-order valence-electron chi connectivity index (χ2n) is 4.52. The van der Waals surface area contributed by atoms with Crippen LogP contribution >= 0.6 is 34.3 Å². The van der Waals surface area contributed by atoms with Crippen molar-refractivity contribution in [1.82, 2.24) is 0 Å². The largest absolute Gasteiger partial charge is 0.462 e. The fourth-order valence-corrected chi connectivity index (χ4v) is 4.06. The number of carbonyl (C=O) groups excluding carboxylic acids is 2. The highest BCUT2D eigenvalue weighted by atomic mass is 35.5. The number of carbonyl (C=O) groups is 2. The van der Waals surface area contributed by atoms with Gasteiger partial charge in [0.1, 0.15) is 15.9 Å². The van der Waals surface area contributed by atoms with Crippen LogP contribution in [0.2, 0.25) is 4.34 Å². The van der Waals surface area contributed by atoms with Crippen molar-refractivity contribution in [3.63, 3.8) is 0 Å². The van der Waals surface area contributed by atoms with Crippen molar-refractivity contribution in [2.24, 2.45) is 0 Å². The highest BCUT2D eigenvalue weighted by Crippen LogP contribution is 2.33. The van der Waals surface area contributed by atoms with Gasteiger partial charge in [-0.15, -0.1) is 22.7 Å². The molecule has 23 heavy (non-hydrogen) atoms. The fraction of sp³-hybridized carbons (Fsp3) is 0.267. The fourth-order valence-electron chi connectivity index (χ4n) is 1.90. The third kappa shape index (κ3) is 4.10. The van der Waals surface area contributed by atoms with Crippen LogP contribution in [0.3, 0.4) is 0 Å². The van der Waals surface area contributed by atoms with E-state index < -0.39 is 5.97 Å².